The van der Waals surface area contributed by atoms with Crippen molar-refractivity contribution in [1.29, 1.82) is 0 Å². The van der Waals surface area contributed by atoms with Crippen molar-refractivity contribution >= 4 is 21.6 Å². The Morgan fingerprint density at radius 2 is 2.17 bits per heavy atom. The number of rotatable bonds is 5. The van der Waals surface area contributed by atoms with E-state index in [-0.39, 0.29) is 28.4 Å². The topological polar surface area (TPSA) is 72.2 Å². The van der Waals surface area contributed by atoms with Gasteiger partial charge in [0.15, 0.2) is 0 Å². The summed E-state index contributed by atoms with van der Waals surface area (Å²) in [5, 5.41) is -0.00420. The molecule has 0 aromatic heterocycles. The van der Waals surface area contributed by atoms with Gasteiger partial charge < -0.3 is 5.73 Å². The third-order valence-electron chi connectivity index (χ3n) is 2.93. The fraction of sp³-hybridized carbons (Fsp3) is 0.455. The summed E-state index contributed by atoms with van der Waals surface area (Å²) in [5.74, 6) is -0.368. The van der Waals surface area contributed by atoms with E-state index in [0.29, 0.717) is 0 Å². The Hall–Kier alpha value is -0.690. The van der Waals surface area contributed by atoms with Crippen molar-refractivity contribution in [2.75, 3.05) is 6.54 Å². The Balaban J connectivity index is 2.26. The number of halogens is 2. The first-order valence-electron chi connectivity index (χ1n) is 5.61. The first kappa shape index (κ1) is 13.7. The number of sulfonamides is 1. The molecule has 1 atom stereocenters. The third-order valence-corrected chi connectivity index (χ3v) is 4.91. The predicted molar refractivity (Wildman–Crippen MR) is 67.3 cm³/mol. The SMILES string of the molecule is NC[C@H](NS(=O)(=O)c1cc(F)ccc1Cl)C1CC1. The van der Waals surface area contributed by atoms with E-state index in [9.17, 15) is 12.8 Å². The minimum Gasteiger partial charge on any atom is -0.329 e. The number of benzene rings is 1. The smallest absolute Gasteiger partial charge is 0.242 e. The van der Waals surface area contributed by atoms with Crippen LogP contribution in [-0.2, 0) is 10.0 Å². The van der Waals surface area contributed by atoms with Crippen molar-refractivity contribution in [2.45, 2.75) is 23.8 Å². The minimum absolute atomic E-state index is 0.00420. The van der Waals surface area contributed by atoms with Crippen LogP contribution in [0.1, 0.15) is 12.8 Å². The monoisotopic (exact) mass is 292 g/mol. The number of nitrogens with one attached hydrogen (secondary N) is 1. The highest BCUT2D eigenvalue weighted by molar-refractivity contribution is 7.89. The van der Waals surface area contributed by atoms with E-state index in [2.05, 4.69) is 4.72 Å². The number of hydrogen-bond donors (Lipinski definition) is 2. The molecule has 3 N–H and O–H groups in total. The zero-order valence-corrected chi connectivity index (χ0v) is 11.1. The molecule has 0 aliphatic heterocycles. The molecule has 0 bridgehead atoms. The van der Waals surface area contributed by atoms with Crippen LogP contribution >= 0.6 is 11.6 Å². The van der Waals surface area contributed by atoms with Crippen LogP contribution < -0.4 is 10.5 Å². The molecule has 7 heteroatoms. The molecule has 1 saturated carbocycles. The Bertz CT molecular complexity index is 546. The lowest BCUT2D eigenvalue weighted by Crippen LogP contribution is -2.41. The van der Waals surface area contributed by atoms with Gasteiger partial charge in [0.2, 0.25) is 10.0 Å². The highest BCUT2D eigenvalue weighted by Crippen LogP contribution is 2.33. The number of hydrogen-bond acceptors (Lipinski definition) is 3. The Labute approximate surface area is 110 Å². The summed E-state index contributed by atoms with van der Waals surface area (Å²) in [4.78, 5) is -0.247. The molecule has 0 amide bonds. The molecule has 1 fully saturated rings. The zero-order chi connectivity index (χ0) is 13.3. The van der Waals surface area contributed by atoms with E-state index in [1.807, 2.05) is 0 Å². The van der Waals surface area contributed by atoms with Crippen molar-refractivity contribution in [3.05, 3.63) is 29.0 Å². The maximum absolute atomic E-state index is 13.1. The fourth-order valence-electron chi connectivity index (χ4n) is 1.78. The average molecular weight is 293 g/mol. The van der Waals surface area contributed by atoms with Crippen molar-refractivity contribution in [3.8, 4) is 0 Å². The van der Waals surface area contributed by atoms with Gasteiger partial charge in [-0.2, -0.15) is 0 Å². The summed E-state index contributed by atoms with van der Waals surface area (Å²) in [6, 6.07) is 2.93. The molecule has 100 valence electrons. The summed E-state index contributed by atoms with van der Waals surface area (Å²) >= 11 is 5.79. The second kappa shape index (κ2) is 5.13. The van der Waals surface area contributed by atoms with Crippen LogP contribution in [0.4, 0.5) is 4.39 Å². The van der Waals surface area contributed by atoms with E-state index >= 15 is 0 Å². The molecule has 1 aliphatic rings. The Morgan fingerprint density at radius 3 is 2.72 bits per heavy atom. The summed E-state index contributed by atoms with van der Waals surface area (Å²) in [6.45, 7) is 0.219. The molecule has 0 spiro atoms. The molecule has 0 saturated heterocycles. The maximum Gasteiger partial charge on any atom is 0.242 e. The molecular formula is C11H14ClFN2O2S. The van der Waals surface area contributed by atoms with Crippen LogP contribution in [0, 0.1) is 11.7 Å². The van der Waals surface area contributed by atoms with Crippen LogP contribution in [0.15, 0.2) is 23.1 Å². The summed E-state index contributed by atoms with van der Waals surface area (Å²) in [6.07, 6.45) is 1.92. The second-order valence-corrected chi connectivity index (χ2v) is 6.47. The summed E-state index contributed by atoms with van der Waals surface area (Å²) in [7, 11) is -3.83. The fourth-order valence-corrected chi connectivity index (χ4v) is 3.61. The van der Waals surface area contributed by atoms with Crippen LogP contribution in [0.2, 0.25) is 5.02 Å². The number of nitrogens with two attached hydrogens (primary N) is 1. The summed E-state index contributed by atoms with van der Waals surface area (Å²) in [5.41, 5.74) is 5.53. The average Bonchev–Trinajstić information content (AvgIpc) is 3.13. The first-order chi connectivity index (χ1) is 8.44. The van der Waals surface area contributed by atoms with Crippen molar-refractivity contribution in [3.63, 3.8) is 0 Å². The predicted octanol–water partition coefficient (Wildman–Crippen LogP) is 1.49. The summed E-state index contributed by atoms with van der Waals surface area (Å²) < 4.78 is 39.8. The Kier molecular flexibility index (Phi) is 3.91. The van der Waals surface area contributed by atoms with Gasteiger partial charge in [-0.05, 0) is 37.0 Å². The molecular weight excluding hydrogens is 279 g/mol. The van der Waals surface area contributed by atoms with E-state index in [1.165, 1.54) is 6.07 Å². The molecule has 1 aliphatic carbocycles. The van der Waals surface area contributed by atoms with E-state index in [4.69, 9.17) is 17.3 Å². The van der Waals surface area contributed by atoms with E-state index < -0.39 is 15.8 Å². The molecule has 0 radical (unpaired) electrons. The lowest BCUT2D eigenvalue weighted by Gasteiger charge is -2.16. The van der Waals surface area contributed by atoms with Crippen molar-refractivity contribution < 1.29 is 12.8 Å². The van der Waals surface area contributed by atoms with Gasteiger partial charge in [-0.25, -0.2) is 17.5 Å². The van der Waals surface area contributed by atoms with Crippen LogP contribution in [-0.4, -0.2) is 21.0 Å². The molecule has 4 nitrogen and oxygen atoms in total. The van der Waals surface area contributed by atoms with Gasteiger partial charge in [-0.15, -0.1) is 0 Å². The zero-order valence-electron chi connectivity index (χ0n) is 9.57. The molecule has 0 heterocycles. The molecule has 1 aromatic carbocycles. The van der Waals surface area contributed by atoms with Gasteiger partial charge in [0.25, 0.3) is 0 Å². The molecule has 0 unspecified atom stereocenters. The van der Waals surface area contributed by atoms with Gasteiger partial charge in [0.05, 0.1) is 5.02 Å². The van der Waals surface area contributed by atoms with Gasteiger partial charge in [-0.1, -0.05) is 11.6 Å². The second-order valence-electron chi connectivity index (χ2n) is 4.38. The van der Waals surface area contributed by atoms with E-state index in [0.717, 1.165) is 25.0 Å². The Morgan fingerprint density at radius 1 is 1.50 bits per heavy atom. The van der Waals surface area contributed by atoms with Gasteiger partial charge in [0, 0.05) is 12.6 Å². The van der Waals surface area contributed by atoms with Gasteiger partial charge >= 0.3 is 0 Å². The largest absolute Gasteiger partial charge is 0.329 e. The third kappa shape index (κ3) is 3.00. The highest BCUT2D eigenvalue weighted by atomic mass is 35.5. The van der Waals surface area contributed by atoms with Crippen molar-refractivity contribution in [1.82, 2.24) is 4.72 Å². The lowest BCUT2D eigenvalue weighted by atomic mass is 10.2. The van der Waals surface area contributed by atoms with Crippen LogP contribution in [0.5, 0.6) is 0 Å². The van der Waals surface area contributed by atoms with Gasteiger partial charge in [-0.3, -0.25) is 0 Å². The quantitative estimate of drug-likeness (QED) is 0.864. The highest BCUT2D eigenvalue weighted by Gasteiger charge is 2.34. The van der Waals surface area contributed by atoms with Crippen LogP contribution in [0.3, 0.4) is 0 Å². The standard InChI is InChI=1S/C11H14ClFN2O2S/c12-9-4-3-8(13)5-11(9)18(16,17)15-10(6-14)7-1-2-7/h3-5,7,10,15H,1-2,6,14H2/t10-/m0/s1. The lowest BCUT2D eigenvalue weighted by molar-refractivity contribution is 0.518. The molecule has 2 rings (SSSR count). The van der Waals surface area contributed by atoms with Crippen molar-refractivity contribution in [2.24, 2.45) is 11.7 Å². The molecule has 18 heavy (non-hydrogen) atoms. The van der Waals surface area contributed by atoms with Gasteiger partial charge in [0.1, 0.15) is 10.7 Å². The first-order valence-corrected chi connectivity index (χ1v) is 7.47. The van der Waals surface area contributed by atoms with E-state index in [1.54, 1.807) is 0 Å². The molecule has 1 aromatic rings. The maximum atomic E-state index is 13.1. The normalized spacial score (nSPS) is 17.7. The minimum atomic E-state index is -3.83. The van der Waals surface area contributed by atoms with Crippen LogP contribution in [0.25, 0.3) is 0 Å².